The molecule has 2 heterocycles. The van der Waals surface area contributed by atoms with Crippen LogP contribution in [0.15, 0.2) is 30.3 Å². The van der Waals surface area contributed by atoms with Gasteiger partial charge in [-0.05, 0) is 19.1 Å². The SMILES string of the molecule is Cc1cc(-c2nc(N)n(C)n2)c2ccccc2n1. The summed E-state index contributed by atoms with van der Waals surface area (Å²) in [5, 5.41) is 5.36. The molecule has 0 saturated heterocycles. The molecule has 0 saturated carbocycles. The fourth-order valence-electron chi connectivity index (χ4n) is 2.00. The van der Waals surface area contributed by atoms with Crippen molar-refractivity contribution in [3.63, 3.8) is 0 Å². The largest absolute Gasteiger partial charge is 0.368 e. The Morgan fingerprint density at radius 2 is 1.94 bits per heavy atom. The van der Waals surface area contributed by atoms with Crippen LogP contribution in [0.1, 0.15) is 5.69 Å². The maximum atomic E-state index is 5.73. The van der Waals surface area contributed by atoms with Crippen LogP contribution in [0.2, 0.25) is 0 Å². The maximum absolute atomic E-state index is 5.73. The number of benzene rings is 1. The van der Waals surface area contributed by atoms with Crippen LogP contribution >= 0.6 is 0 Å². The number of pyridine rings is 1. The summed E-state index contributed by atoms with van der Waals surface area (Å²) in [5.74, 6) is 1.04. The molecule has 0 atom stereocenters. The van der Waals surface area contributed by atoms with Crippen molar-refractivity contribution in [2.45, 2.75) is 6.92 Å². The fraction of sp³-hybridized carbons (Fsp3) is 0.154. The van der Waals surface area contributed by atoms with Crippen LogP contribution in [0.25, 0.3) is 22.3 Å². The summed E-state index contributed by atoms with van der Waals surface area (Å²) in [6, 6.07) is 9.94. The Morgan fingerprint density at radius 3 is 2.67 bits per heavy atom. The Balaban J connectivity index is 2.34. The molecule has 5 heteroatoms. The van der Waals surface area contributed by atoms with E-state index in [1.165, 1.54) is 0 Å². The lowest BCUT2D eigenvalue weighted by Gasteiger charge is -2.04. The van der Waals surface area contributed by atoms with E-state index in [9.17, 15) is 0 Å². The van der Waals surface area contributed by atoms with Gasteiger partial charge in [0.05, 0.1) is 5.52 Å². The molecule has 2 N–H and O–H groups in total. The second-order valence-corrected chi connectivity index (χ2v) is 4.25. The molecule has 18 heavy (non-hydrogen) atoms. The Labute approximate surface area is 104 Å². The number of aryl methyl sites for hydroxylation is 2. The van der Waals surface area contributed by atoms with Crippen LogP contribution < -0.4 is 5.73 Å². The number of nitrogens with zero attached hydrogens (tertiary/aromatic N) is 4. The first-order valence-electron chi connectivity index (χ1n) is 5.68. The summed E-state index contributed by atoms with van der Waals surface area (Å²) in [5.41, 5.74) is 8.58. The van der Waals surface area contributed by atoms with Gasteiger partial charge in [-0.1, -0.05) is 18.2 Å². The summed E-state index contributed by atoms with van der Waals surface area (Å²) >= 11 is 0. The molecule has 90 valence electrons. The van der Waals surface area contributed by atoms with Gasteiger partial charge in [0.2, 0.25) is 5.95 Å². The molecular formula is C13H13N5. The van der Waals surface area contributed by atoms with E-state index in [0.717, 1.165) is 22.2 Å². The first kappa shape index (κ1) is 10.7. The Hall–Kier alpha value is -2.43. The minimum absolute atomic E-state index is 0.406. The third kappa shape index (κ3) is 1.60. The quantitative estimate of drug-likeness (QED) is 0.704. The summed E-state index contributed by atoms with van der Waals surface area (Å²) in [7, 11) is 1.78. The summed E-state index contributed by atoms with van der Waals surface area (Å²) in [6.07, 6.45) is 0. The predicted octanol–water partition coefficient (Wildman–Crippen LogP) is 1.92. The number of nitrogens with two attached hydrogens (primary N) is 1. The Bertz CT molecular complexity index is 710. The van der Waals surface area contributed by atoms with Crippen molar-refractivity contribution in [1.82, 2.24) is 19.7 Å². The highest BCUT2D eigenvalue weighted by Crippen LogP contribution is 2.26. The van der Waals surface area contributed by atoms with Crippen molar-refractivity contribution in [3.8, 4) is 11.4 Å². The van der Waals surface area contributed by atoms with Crippen molar-refractivity contribution in [3.05, 3.63) is 36.0 Å². The number of para-hydroxylation sites is 1. The van der Waals surface area contributed by atoms with Gasteiger partial charge >= 0.3 is 0 Å². The van der Waals surface area contributed by atoms with Crippen molar-refractivity contribution < 1.29 is 0 Å². The minimum Gasteiger partial charge on any atom is -0.368 e. The fourth-order valence-corrected chi connectivity index (χ4v) is 2.00. The lowest BCUT2D eigenvalue weighted by molar-refractivity contribution is 0.781. The van der Waals surface area contributed by atoms with Crippen LogP contribution in [-0.2, 0) is 7.05 Å². The number of nitrogen functional groups attached to an aromatic ring is 1. The van der Waals surface area contributed by atoms with Crippen LogP contribution in [0.3, 0.4) is 0 Å². The van der Waals surface area contributed by atoms with Gasteiger partial charge in [-0.2, -0.15) is 4.98 Å². The highest BCUT2D eigenvalue weighted by molar-refractivity contribution is 5.92. The number of hydrogen-bond donors (Lipinski definition) is 1. The van der Waals surface area contributed by atoms with E-state index in [0.29, 0.717) is 11.8 Å². The molecule has 3 aromatic rings. The number of aromatic nitrogens is 4. The Morgan fingerprint density at radius 1 is 1.17 bits per heavy atom. The maximum Gasteiger partial charge on any atom is 0.218 e. The van der Waals surface area contributed by atoms with Gasteiger partial charge in [-0.3, -0.25) is 4.98 Å². The van der Waals surface area contributed by atoms with E-state index in [-0.39, 0.29) is 0 Å². The third-order valence-corrected chi connectivity index (χ3v) is 2.88. The van der Waals surface area contributed by atoms with Crippen LogP contribution in [0, 0.1) is 6.92 Å². The summed E-state index contributed by atoms with van der Waals surface area (Å²) in [4.78, 5) is 8.77. The molecular weight excluding hydrogens is 226 g/mol. The zero-order valence-corrected chi connectivity index (χ0v) is 10.3. The molecule has 5 nitrogen and oxygen atoms in total. The third-order valence-electron chi connectivity index (χ3n) is 2.88. The average Bonchev–Trinajstić information content (AvgIpc) is 2.68. The molecule has 0 aliphatic carbocycles. The van der Waals surface area contributed by atoms with E-state index in [1.807, 2.05) is 37.3 Å². The summed E-state index contributed by atoms with van der Waals surface area (Å²) in [6.45, 7) is 1.96. The Kier molecular flexibility index (Phi) is 2.26. The topological polar surface area (TPSA) is 69.6 Å². The first-order chi connectivity index (χ1) is 8.65. The van der Waals surface area contributed by atoms with Gasteiger partial charge < -0.3 is 5.73 Å². The molecule has 0 bridgehead atoms. The monoisotopic (exact) mass is 239 g/mol. The van der Waals surface area contributed by atoms with Crippen molar-refractivity contribution in [2.75, 3.05) is 5.73 Å². The summed E-state index contributed by atoms with van der Waals surface area (Å²) < 4.78 is 1.57. The van der Waals surface area contributed by atoms with Gasteiger partial charge in [0, 0.05) is 23.7 Å². The van der Waals surface area contributed by atoms with Crippen LogP contribution in [0.4, 0.5) is 5.95 Å². The molecule has 3 rings (SSSR count). The molecule has 1 aromatic carbocycles. The zero-order chi connectivity index (χ0) is 12.7. The lowest BCUT2D eigenvalue weighted by Crippen LogP contribution is -1.97. The second-order valence-electron chi connectivity index (χ2n) is 4.25. The van der Waals surface area contributed by atoms with Gasteiger partial charge in [0.15, 0.2) is 5.82 Å². The van der Waals surface area contributed by atoms with Crippen molar-refractivity contribution in [2.24, 2.45) is 7.05 Å². The minimum atomic E-state index is 0.406. The average molecular weight is 239 g/mol. The predicted molar refractivity (Wildman–Crippen MR) is 70.9 cm³/mol. The van der Waals surface area contributed by atoms with Crippen molar-refractivity contribution in [1.29, 1.82) is 0 Å². The van der Waals surface area contributed by atoms with Gasteiger partial charge in [0.25, 0.3) is 0 Å². The number of fused-ring (bicyclic) bond motifs is 1. The lowest BCUT2D eigenvalue weighted by atomic mass is 10.1. The molecule has 0 radical (unpaired) electrons. The standard InChI is InChI=1S/C13H13N5/c1-8-7-10(12-16-13(14)18(2)17-12)9-5-3-4-6-11(9)15-8/h3-7H,1-2H3,(H2,14,16,17). The van der Waals surface area contributed by atoms with E-state index in [1.54, 1.807) is 11.7 Å². The van der Waals surface area contributed by atoms with Crippen LogP contribution in [-0.4, -0.2) is 19.7 Å². The molecule has 0 spiro atoms. The van der Waals surface area contributed by atoms with Gasteiger partial charge in [-0.15, -0.1) is 5.10 Å². The molecule has 0 unspecified atom stereocenters. The van der Waals surface area contributed by atoms with Gasteiger partial charge in [-0.25, -0.2) is 4.68 Å². The molecule has 0 aliphatic rings. The van der Waals surface area contributed by atoms with Crippen molar-refractivity contribution >= 4 is 16.9 Å². The normalized spacial score (nSPS) is 11.0. The molecule has 0 amide bonds. The highest BCUT2D eigenvalue weighted by Gasteiger charge is 2.11. The second kappa shape index (κ2) is 3.80. The number of anilines is 1. The van der Waals surface area contributed by atoms with E-state index < -0.39 is 0 Å². The highest BCUT2D eigenvalue weighted by atomic mass is 15.4. The van der Waals surface area contributed by atoms with E-state index >= 15 is 0 Å². The smallest absolute Gasteiger partial charge is 0.218 e. The number of rotatable bonds is 1. The van der Waals surface area contributed by atoms with E-state index in [4.69, 9.17) is 5.73 Å². The van der Waals surface area contributed by atoms with Crippen LogP contribution in [0.5, 0.6) is 0 Å². The van der Waals surface area contributed by atoms with E-state index in [2.05, 4.69) is 15.1 Å². The molecule has 2 aromatic heterocycles. The molecule has 0 aliphatic heterocycles. The number of hydrogen-bond acceptors (Lipinski definition) is 4. The first-order valence-corrected chi connectivity index (χ1v) is 5.68. The molecule has 0 fully saturated rings. The zero-order valence-electron chi connectivity index (χ0n) is 10.3. The van der Waals surface area contributed by atoms with Gasteiger partial charge in [0.1, 0.15) is 0 Å².